The van der Waals surface area contributed by atoms with Gasteiger partial charge in [0.05, 0.1) is 39.5 Å². The first-order valence-corrected chi connectivity index (χ1v) is 18.5. The molecule has 3 N–H and O–H groups in total. The average molecular weight is 796 g/mol. The van der Waals surface area contributed by atoms with Crippen molar-refractivity contribution in [2.75, 3.05) is 39.1 Å². The summed E-state index contributed by atoms with van der Waals surface area (Å²) in [6.07, 6.45) is 4.88. The summed E-state index contributed by atoms with van der Waals surface area (Å²) >= 11 is 0. The lowest BCUT2D eigenvalue weighted by Crippen LogP contribution is -2.30. The molecule has 300 valence electrons. The Labute approximate surface area is 340 Å². The minimum atomic E-state index is -0.568. The molecular weight excluding hydrogens is 755 g/mol. The van der Waals surface area contributed by atoms with Crippen LogP contribution in [0.1, 0.15) is 12.8 Å². The minimum absolute atomic E-state index is 0.183. The minimum Gasteiger partial charge on any atom is -0.493 e. The smallest absolute Gasteiger partial charge is 0.417 e. The molecule has 0 atom stereocenters. The van der Waals surface area contributed by atoms with Gasteiger partial charge in [0.15, 0.2) is 23.0 Å². The molecule has 1 fully saturated rings. The molecule has 2 heterocycles. The van der Waals surface area contributed by atoms with Gasteiger partial charge in [0.2, 0.25) is 0 Å². The molecule has 0 unspecified atom stereocenters. The summed E-state index contributed by atoms with van der Waals surface area (Å²) in [5.74, 6) is 5.39. The van der Waals surface area contributed by atoms with E-state index in [1.54, 1.807) is 132 Å². The maximum Gasteiger partial charge on any atom is 0.417 e. The third kappa shape index (κ3) is 10.2. The van der Waals surface area contributed by atoms with Gasteiger partial charge >= 0.3 is 12.1 Å². The Balaban J connectivity index is 0.000000180. The predicted octanol–water partition coefficient (Wildman–Crippen LogP) is 9.98. The maximum atomic E-state index is 12.0. The zero-order chi connectivity index (χ0) is 41.1. The standard InChI is InChI=1S/C24H20N2O5.C21H21N3O4/c1-28-22-14-19-20(15-23(22)29-2)25-13-12-21(19)30-18-10-8-16(9-11-18)26-24(27)31-17-6-4-3-5-7-17;1-26-19-11-16-17(12-20(19)27-2)22-10-9-18(16)28-15-7-5-14(6-8-15)24-21(25)23-13-3-4-13/h3-15H,1-2H3,(H,26,27);5-13H,3-4H2,1-2H3,(H2,23,24,25). The van der Waals surface area contributed by atoms with E-state index in [0.717, 1.165) is 34.6 Å². The molecule has 1 aliphatic carbocycles. The number of aromatic nitrogens is 2. The van der Waals surface area contributed by atoms with Crippen LogP contribution in [0, 0.1) is 0 Å². The van der Waals surface area contributed by atoms with Gasteiger partial charge in [-0.2, -0.15) is 0 Å². The largest absolute Gasteiger partial charge is 0.493 e. The molecule has 0 saturated heterocycles. The molecule has 1 saturated carbocycles. The molecule has 0 bridgehead atoms. The van der Waals surface area contributed by atoms with Crippen LogP contribution in [0.4, 0.5) is 21.0 Å². The summed E-state index contributed by atoms with van der Waals surface area (Å²) in [6.45, 7) is 0. The fourth-order valence-corrected chi connectivity index (χ4v) is 5.86. The first-order valence-electron chi connectivity index (χ1n) is 18.5. The van der Waals surface area contributed by atoms with E-state index in [0.29, 0.717) is 69.2 Å². The Bertz CT molecular complexity index is 2550. The molecule has 1 aliphatic rings. The van der Waals surface area contributed by atoms with Crippen LogP contribution >= 0.6 is 0 Å². The van der Waals surface area contributed by atoms with Gasteiger partial charge in [0.1, 0.15) is 28.7 Å². The van der Waals surface area contributed by atoms with Gasteiger partial charge < -0.3 is 43.8 Å². The summed E-state index contributed by atoms with van der Waals surface area (Å²) in [7, 11) is 6.33. The Morgan fingerprint density at radius 2 is 0.983 bits per heavy atom. The third-order valence-electron chi connectivity index (χ3n) is 8.95. The van der Waals surface area contributed by atoms with Gasteiger partial charge in [-0.25, -0.2) is 9.59 Å². The number of hydrogen-bond acceptors (Lipinski definition) is 11. The Kier molecular flexibility index (Phi) is 12.4. The fourth-order valence-electron chi connectivity index (χ4n) is 5.86. The van der Waals surface area contributed by atoms with Crippen molar-refractivity contribution < 1.29 is 42.7 Å². The third-order valence-corrected chi connectivity index (χ3v) is 8.95. The van der Waals surface area contributed by atoms with Crippen molar-refractivity contribution in [3.63, 3.8) is 0 Å². The van der Waals surface area contributed by atoms with Gasteiger partial charge in [-0.15, -0.1) is 0 Å². The predicted molar refractivity (Wildman–Crippen MR) is 224 cm³/mol. The Morgan fingerprint density at radius 3 is 1.44 bits per heavy atom. The van der Waals surface area contributed by atoms with E-state index >= 15 is 0 Å². The highest BCUT2D eigenvalue weighted by atomic mass is 16.6. The van der Waals surface area contributed by atoms with E-state index in [9.17, 15) is 9.59 Å². The number of carbonyl (C=O) groups excluding carboxylic acids is 2. The summed E-state index contributed by atoms with van der Waals surface area (Å²) in [4.78, 5) is 32.6. The molecule has 7 aromatic rings. The molecule has 59 heavy (non-hydrogen) atoms. The number of rotatable bonds is 12. The van der Waals surface area contributed by atoms with Crippen molar-refractivity contribution in [2.24, 2.45) is 0 Å². The van der Waals surface area contributed by atoms with Gasteiger partial charge in [-0.1, -0.05) is 18.2 Å². The number of hydrogen-bond donors (Lipinski definition) is 3. The monoisotopic (exact) mass is 795 g/mol. The van der Waals surface area contributed by atoms with Crippen LogP contribution in [0.15, 0.2) is 128 Å². The molecular formula is C45H41N5O9. The lowest BCUT2D eigenvalue weighted by molar-refractivity contribution is 0.215. The summed E-state index contributed by atoms with van der Waals surface area (Å²) in [6, 6.07) is 34.0. The quantitative estimate of drug-likeness (QED) is 0.108. The SMILES string of the molecule is COc1cc2nccc(Oc3ccc(NC(=O)NC4CC4)cc3)c2cc1OC.COc1cc2nccc(Oc3ccc(NC(=O)Oc4ccccc4)cc3)c2cc1OC. The van der Waals surface area contributed by atoms with E-state index in [-0.39, 0.29) is 6.03 Å². The lowest BCUT2D eigenvalue weighted by Gasteiger charge is -2.13. The van der Waals surface area contributed by atoms with Crippen LogP contribution in [-0.4, -0.2) is 56.6 Å². The average Bonchev–Trinajstić information content (AvgIpc) is 4.08. The van der Waals surface area contributed by atoms with E-state index in [4.69, 9.17) is 33.2 Å². The van der Waals surface area contributed by atoms with E-state index in [1.165, 1.54) is 0 Å². The van der Waals surface area contributed by atoms with Crippen LogP contribution in [0.2, 0.25) is 0 Å². The van der Waals surface area contributed by atoms with Crippen molar-refractivity contribution in [1.29, 1.82) is 0 Å². The molecule has 0 spiro atoms. The van der Waals surface area contributed by atoms with Gasteiger partial charge in [-0.05, 0) is 97.8 Å². The number of methoxy groups -OCH3 is 4. The second kappa shape index (κ2) is 18.5. The molecule has 2 aromatic heterocycles. The molecule has 3 amide bonds. The molecule has 0 aliphatic heterocycles. The van der Waals surface area contributed by atoms with Crippen molar-refractivity contribution in [3.05, 3.63) is 128 Å². The molecule has 0 radical (unpaired) electrons. The van der Waals surface area contributed by atoms with Gasteiger partial charge in [0, 0.05) is 52.7 Å². The zero-order valence-electron chi connectivity index (χ0n) is 32.7. The lowest BCUT2D eigenvalue weighted by atomic mass is 10.2. The summed E-state index contributed by atoms with van der Waals surface area (Å²) in [5.41, 5.74) is 2.75. The normalized spacial score (nSPS) is 11.7. The second-order valence-corrected chi connectivity index (χ2v) is 13.0. The highest BCUT2D eigenvalue weighted by molar-refractivity contribution is 5.91. The highest BCUT2D eigenvalue weighted by Gasteiger charge is 2.23. The van der Waals surface area contributed by atoms with Crippen molar-refractivity contribution in [1.82, 2.24) is 15.3 Å². The van der Waals surface area contributed by atoms with Crippen LogP contribution in [0.25, 0.3) is 21.8 Å². The second-order valence-electron chi connectivity index (χ2n) is 13.0. The summed E-state index contributed by atoms with van der Waals surface area (Å²) < 4.78 is 38.7. The van der Waals surface area contributed by atoms with Crippen LogP contribution in [-0.2, 0) is 0 Å². The number of pyridine rings is 2. The highest BCUT2D eigenvalue weighted by Crippen LogP contribution is 2.38. The molecule has 8 rings (SSSR count). The van der Waals surface area contributed by atoms with E-state index in [2.05, 4.69) is 25.9 Å². The summed E-state index contributed by atoms with van der Waals surface area (Å²) in [5, 5.41) is 9.98. The number of carbonyl (C=O) groups is 2. The number of urea groups is 1. The number of nitrogens with zero attached hydrogens (tertiary/aromatic N) is 2. The van der Waals surface area contributed by atoms with E-state index in [1.807, 2.05) is 24.3 Å². The molecule has 14 nitrogen and oxygen atoms in total. The van der Waals surface area contributed by atoms with E-state index < -0.39 is 6.09 Å². The van der Waals surface area contributed by atoms with Crippen LogP contribution < -0.4 is 49.1 Å². The number of para-hydroxylation sites is 1. The number of anilines is 2. The maximum absolute atomic E-state index is 12.0. The van der Waals surface area contributed by atoms with Crippen molar-refractivity contribution >= 4 is 45.3 Å². The van der Waals surface area contributed by atoms with Gasteiger partial charge in [0.25, 0.3) is 0 Å². The van der Waals surface area contributed by atoms with Crippen molar-refractivity contribution in [2.45, 2.75) is 18.9 Å². The van der Waals surface area contributed by atoms with Crippen LogP contribution in [0.3, 0.4) is 0 Å². The first kappa shape index (κ1) is 39.5. The molecule has 14 heteroatoms. The number of fused-ring (bicyclic) bond motifs is 2. The fraction of sp³-hybridized carbons (Fsp3) is 0.156. The first-order chi connectivity index (χ1) is 28.8. The number of amides is 3. The Morgan fingerprint density at radius 1 is 0.525 bits per heavy atom. The molecule has 5 aromatic carbocycles. The van der Waals surface area contributed by atoms with Crippen molar-refractivity contribution in [3.8, 4) is 51.7 Å². The van der Waals surface area contributed by atoms with Crippen LogP contribution in [0.5, 0.6) is 51.7 Å². The van der Waals surface area contributed by atoms with Gasteiger partial charge in [-0.3, -0.25) is 15.3 Å². The Hall–Kier alpha value is -7.74. The topological polar surface area (TPSA) is 161 Å². The number of nitrogens with one attached hydrogen (secondary N) is 3. The zero-order valence-corrected chi connectivity index (χ0v) is 32.7. The number of benzene rings is 5. The number of ether oxygens (including phenoxy) is 7.